The normalized spacial score (nSPS) is 10.8. The summed E-state index contributed by atoms with van der Waals surface area (Å²) in [6.07, 6.45) is 1.46. The molecule has 3 rings (SSSR count). The lowest BCUT2D eigenvalue weighted by Crippen LogP contribution is -2.21. The lowest BCUT2D eigenvalue weighted by molar-refractivity contribution is -0.119. The summed E-state index contributed by atoms with van der Waals surface area (Å²) in [6, 6.07) is 11.2. The average Bonchev–Trinajstić information content (AvgIpc) is 2.94. The van der Waals surface area contributed by atoms with Crippen molar-refractivity contribution in [3.05, 3.63) is 72.8 Å². The van der Waals surface area contributed by atoms with Crippen LogP contribution in [0.25, 0.3) is 0 Å². The number of ether oxygens (including phenoxy) is 3. The van der Waals surface area contributed by atoms with Crippen molar-refractivity contribution in [2.45, 2.75) is 39.3 Å². The zero-order valence-electron chi connectivity index (χ0n) is 24.3. The van der Waals surface area contributed by atoms with Crippen molar-refractivity contribution in [3.63, 3.8) is 0 Å². The van der Waals surface area contributed by atoms with E-state index in [4.69, 9.17) is 14.2 Å². The zero-order chi connectivity index (χ0) is 31.5. The highest BCUT2D eigenvalue weighted by molar-refractivity contribution is 9.11. The minimum Gasteiger partial charge on any atom is -0.490 e. The largest absolute Gasteiger partial charge is 0.490 e. The summed E-state index contributed by atoms with van der Waals surface area (Å²) in [7, 11) is 1.55. The molecule has 1 heterocycles. The van der Waals surface area contributed by atoms with E-state index in [0.29, 0.717) is 44.4 Å². The molecular formula is C30H31Br2N5O5S. The number of amides is 2. The summed E-state index contributed by atoms with van der Waals surface area (Å²) in [4.78, 5) is 29.5. The van der Waals surface area contributed by atoms with Gasteiger partial charge in [-0.1, -0.05) is 11.8 Å². The number of hydrogen-bond acceptors (Lipinski definition) is 9. The van der Waals surface area contributed by atoms with E-state index in [2.05, 4.69) is 58.8 Å². The van der Waals surface area contributed by atoms with E-state index in [1.807, 2.05) is 39.8 Å². The number of carbonyl (C=O) groups excluding carboxylic acids is 2. The summed E-state index contributed by atoms with van der Waals surface area (Å²) in [5.74, 6) is 0.0767. The number of nitrogens with one attached hydrogen (secondary N) is 2. The molecule has 0 aliphatic carbocycles. The molecule has 3 aromatic rings. The molecule has 0 spiro atoms. The number of carbonyl (C=O) groups is 2. The molecule has 0 saturated heterocycles. The SMILES string of the molecule is CCOc1cc(/C=N/NC(=O)CSc2nc(C)cc(COC)c2C#N)cc(Br)c1OCC(=O)Nc1cc(C)c(C)cc1Br. The van der Waals surface area contributed by atoms with Crippen molar-refractivity contribution >= 4 is 67.3 Å². The Hall–Kier alpha value is -3.44. The maximum Gasteiger partial charge on any atom is 0.262 e. The molecule has 2 aromatic carbocycles. The molecule has 0 aliphatic heterocycles. The van der Waals surface area contributed by atoms with E-state index in [0.717, 1.165) is 38.6 Å². The van der Waals surface area contributed by atoms with Gasteiger partial charge in [-0.25, -0.2) is 10.4 Å². The number of anilines is 1. The Bertz CT molecular complexity index is 1580. The number of aryl methyl sites for hydroxylation is 3. The number of halogens is 2. The topological polar surface area (TPSA) is 135 Å². The molecular weight excluding hydrogens is 702 g/mol. The number of hydrogen-bond donors (Lipinski definition) is 2. The smallest absolute Gasteiger partial charge is 0.262 e. The maximum atomic E-state index is 12.6. The van der Waals surface area contributed by atoms with E-state index in [1.165, 1.54) is 6.21 Å². The first-order valence-electron chi connectivity index (χ1n) is 13.1. The third-order valence-corrected chi connectivity index (χ3v) is 8.11. The molecule has 0 saturated carbocycles. The first kappa shape index (κ1) is 34.1. The predicted molar refractivity (Wildman–Crippen MR) is 174 cm³/mol. The molecule has 0 atom stereocenters. The van der Waals surface area contributed by atoms with Crippen LogP contribution in [0, 0.1) is 32.1 Å². The van der Waals surface area contributed by atoms with Crippen LogP contribution in [-0.2, 0) is 20.9 Å². The summed E-state index contributed by atoms with van der Waals surface area (Å²) in [5, 5.41) is 16.9. The second kappa shape index (κ2) is 16.4. The van der Waals surface area contributed by atoms with Crippen LogP contribution in [-0.4, -0.2) is 49.1 Å². The van der Waals surface area contributed by atoms with Crippen LogP contribution in [0.4, 0.5) is 5.69 Å². The Morgan fingerprint density at radius 1 is 1.07 bits per heavy atom. The highest BCUT2D eigenvalue weighted by Gasteiger charge is 2.16. The van der Waals surface area contributed by atoms with Gasteiger partial charge in [0.05, 0.1) is 40.9 Å². The van der Waals surface area contributed by atoms with Gasteiger partial charge >= 0.3 is 0 Å². The molecule has 2 N–H and O–H groups in total. The van der Waals surface area contributed by atoms with Crippen molar-refractivity contribution in [2.24, 2.45) is 5.10 Å². The fraction of sp³-hybridized carbons (Fsp3) is 0.300. The minimum atomic E-state index is -0.368. The van der Waals surface area contributed by atoms with Crippen LogP contribution in [0.5, 0.6) is 11.5 Å². The minimum absolute atomic E-state index is 0.0103. The lowest BCUT2D eigenvalue weighted by Gasteiger charge is -2.15. The van der Waals surface area contributed by atoms with Crippen molar-refractivity contribution in [1.29, 1.82) is 5.26 Å². The number of thioether (sulfide) groups is 1. The molecule has 0 fully saturated rings. The average molecular weight is 733 g/mol. The highest BCUT2D eigenvalue weighted by atomic mass is 79.9. The molecule has 226 valence electrons. The maximum absolute atomic E-state index is 12.6. The van der Waals surface area contributed by atoms with E-state index in [9.17, 15) is 14.9 Å². The lowest BCUT2D eigenvalue weighted by atomic mass is 10.1. The van der Waals surface area contributed by atoms with Crippen LogP contribution >= 0.6 is 43.6 Å². The van der Waals surface area contributed by atoms with Crippen LogP contribution in [0.2, 0.25) is 0 Å². The number of hydrazone groups is 1. The van der Waals surface area contributed by atoms with E-state index in [-0.39, 0.29) is 30.8 Å². The van der Waals surface area contributed by atoms with Gasteiger partial charge in [0.1, 0.15) is 11.1 Å². The first-order valence-corrected chi connectivity index (χ1v) is 15.6. The van der Waals surface area contributed by atoms with Gasteiger partial charge in [-0.2, -0.15) is 10.4 Å². The molecule has 0 aliphatic rings. The summed E-state index contributed by atoms with van der Waals surface area (Å²) in [5.41, 5.74) is 7.76. The molecule has 43 heavy (non-hydrogen) atoms. The first-order chi connectivity index (χ1) is 20.6. The number of nitriles is 1. The molecule has 10 nitrogen and oxygen atoms in total. The Kier molecular flexibility index (Phi) is 13.0. The van der Waals surface area contributed by atoms with Gasteiger partial charge in [0, 0.05) is 17.3 Å². The number of nitrogens with zero attached hydrogens (tertiary/aromatic N) is 3. The van der Waals surface area contributed by atoms with Crippen molar-refractivity contribution < 1.29 is 23.8 Å². The van der Waals surface area contributed by atoms with Gasteiger partial charge in [0.2, 0.25) is 5.91 Å². The third kappa shape index (κ3) is 9.79. The van der Waals surface area contributed by atoms with E-state index >= 15 is 0 Å². The van der Waals surface area contributed by atoms with Crippen molar-refractivity contribution in [2.75, 3.05) is 31.4 Å². The predicted octanol–water partition coefficient (Wildman–Crippen LogP) is 6.21. The molecule has 2 amide bonds. The van der Waals surface area contributed by atoms with Gasteiger partial charge in [-0.15, -0.1) is 0 Å². The van der Waals surface area contributed by atoms with Gasteiger partial charge in [0.25, 0.3) is 5.91 Å². The Labute approximate surface area is 271 Å². The van der Waals surface area contributed by atoms with Crippen LogP contribution in [0.1, 0.15) is 40.4 Å². The summed E-state index contributed by atoms with van der Waals surface area (Å²) >= 11 is 8.11. The zero-order valence-corrected chi connectivity index (χ0v) is 28.3. The van der Waals surface area contributed by atoms with E-state index < -0.39 is 0 Å². The van der Waals surface area contributed by atoms with Gasteiger partial charge in [-0.05, 0) is 112 Å². The standard InChI is InChI=1S/C30H31Br2N5O5S/c1-6-41-26-11-20(10-24(32)29(26)42-15-27(38)36-25-8-18(3)17(2)7-23(25)31)13-34-37-28(39)16-43-30-22(12-33)21(14-40-5)9-19(4)35-30/h7-11,13H,6,14-16H2,1-5H3,(H,36,38)(H,37,39)/b34-13+. The monoisotopic (exact) mass is 731 g/mol. The highest BCUT2D eigenvalue weighted by Crippen LogP contribution is 2.37. The fourth-order valence-corrected chi connectivity index (χ4v) is 5.81. The van der Waals surface area contributed by atoms with Gasteiger partial charge < -0.3 is 19.5 Å². The summed E-state index contributed by atoms with van der Waals surface area (Å²) < 4.78 is 18.1. The molecule has 1 aromatic heterocycles. The van der Waals surface area contributed by atoms with Crippen LogP contribution in [0.15, 0.2) is 49.4 Å². The van der Waals surface area contributed by atoms with Crippen molar-refractivity contribution in [1.82, 2.24) is 10.4 Å². The number of methoxy groups -OCH3 is 1. The van der Waals surface area contributed by atoms with E-state index in [1.54, 1.807) is 25.3 Å². The van der Waals surface area contributed by atoms with Gasteiger partial charge in [0.15, 0.2) is 18.1 Å². The molecule has 0 bridgehead atoms. The second-order valence-corrected chi connectivity index (χ2v) is 11.9. The van der Waals surface area contributed by atoms with Crippen LogP contribution < -0.4 is 20.2 Å². The quantitative estimate of drug-likeness (QED) is 0.120. The van der Waals surface area contributed by atoms with Gasteiger partial charge in [-0.3, -0.25) is 9.59 Å². The van der Waals surface area contributed by atoms with Crippen LogP contribution in [0.3, 0.4) is 0 Å². The molecule has 0 radical (unpaired) electrons. The fourth-order valence-electron chi connectivity index (χ4n) is 3.81. The number of rotatable bonds is 13. The Morgan fingerprint density at radius 2 is 1.81 bits per heavy atom. The second-order valence-electron chi connectivity index (χ2n) is 9.25. The number of pyridine rings is 1. The molecule has 0 unspecified atom stereocenters. The van der Waals surface area contributed by atoms with Crippen molar-refractivity contribution in [3.8, 4) is 17.6 Å². The number of aromatic nitrogens is 1. The Morgan fingerprint density at radius 3 is 2.51 bits per heavy atom. The third-order valence-electron chi connectivity index (χ3n) is 5.89. The molecule has 13 heteroatoms. The Balaban J connectivity index is 1.63. The number of benzene rings is 2. The summed E-state index contributed by atoms with van der Waals surface area (Å²) in [6.45, 7) is 8.02.